The molecule has 0 aliphatic heterocycles. The van der Waals surface area contributed by atoms with Crippen molar-refractivity contribution in [3.05, 3.63) is 96.0 Å². The maximum atomic E-state index is 13.2. The van der Waals surface area contributed by atoms with Gasteiger partial charge in [0, 0.05) is 66.7 Å². The molecule has 0 saturated carbocycles. The second kappa shape index (κ2) is 34.7. The molecule has 434 valence electrons. The fourth-order valence-electron chi connectivity index (χ4n) is 9.16. The number of ether oxygens (including phenoxy) is 2. The van der Waals surface area contributed by atoms with Crippen LogP contribution in [0.2, 0.25) is 0 Å². The summed E-state index contributed by atoms with van der Waals surface area (Å²) in [5.41, 5.74) is 3.86. The molecule has 0 saturated heterocycles. The van der Waals surface area contributed by atoms with E-state index in [4.69, 9.17) is 9.47 Å². The predicted molar refractivity (Wildman–Crippen MR) is 318 cm³/mol. The van der Waals surface area contributed by atoms with Crippen molar-refractivity contribution in [1.29, 1.82) is 10.5 Å². The highest BCUT2D eigenvalue weighted by atomic mass is 32.2. The summed E-state index contributed by atoms with van der Waals surface area (Å²) in [5, 5.41) is 63.0. The number of aryl methyl sites for hydroxylation is 2. The Bertz CT molecular complexity index is 2960. The summed E-state index contributed by atoms with van der Waals surface area (Å²) >= 11 is 3.09. The minimum Gasteiger partial charge on any atom is -0.493 e. The molecule has 4 unspecified atom stereocenters. The van der Waals surface area contributed by atoms with Crippen molar-refractivity contribution in [1.82, 2.24) is 19.2 Å². The van der Waals surface area contributed by atoms with Crippen molar-refractivity contribution in [2.24, 2.45) is 32.3 Å². The fourth-order valence-corrected chi connectivity index (χ4v) is 11.0. The summed E-state index contributed by atoms with van der Waals surface area (Å²) in [6.45, 7) is 20.7. The van der Waals surface area contributed by atoms with E-state index in [-0.39, 0.29) is 94.2 Å². The summed E-state index contributed by atoms with van der Waals surface area (Å²) in [7, 11) is 0. The van der Waals surface area contributed by atoms with Gasteiger partial charge >= 0.3 is 11.9 Å². The number of esters is 2. The number of nitrogens with one attached hydrogen (secondary N) is 2. The number of nitrogens with zero attached hydrogens (tertiary/aromatic N) is 8. The summed E-state index contributed by atoms with van der Waals surface area (Å²) in [6, 6.07) is 15.4. The van der Waals surface area contributed by atoms with E-state index in [1.165, 1.54) is 21.1 Å². The van der Waals surface area contributed by atoms with Crippen LogP contribution in [-0.2, 0) is 44.3 Å². The maximum Gasteiger partial charge on any atom is 0.306 e. The van der Waals surface area contributed by atoms with Crippen molar-refractivity contribution < 1.29 is 29.3 Å². The minimum atomic E-state index is -0.519. The molecule has 0 radical (unpaired) electrons. The molecule has 18 nitrogen and oxygen atoms in total. The summed E-state index contributed by atoms with van der Waals surface area (Å²) in [6.07, 6.45) is 9.97. The van der Waals surface area contributed by atoms with Crippen molar-refractivity contribution in [3.63, 3.8) is 0 Å². The molecule has 4 rings (SSSR count). The molecule has 0 aliphatic carbocycles. The molecule has 4 N–H and O–H groups in total. The van der Waals surface area contributed by atoms with Gasteiger partial charge in [-0.2, -0.15) is 20.8 Å². The molecule has 4 atom stereocenters. The average molecular weight is 1140 g/mol. The van der Waals surface area contributed by atoms with Crippen LogP contribution in [0.15, 0.2) is 71.3 Å². The largest absolute Gasteiger partial charge is 0.493 e. The second-order valence-corrected chi connectivity index (χ2v) is 22.3. The second-order valence-electron chi connectivity index (χ2n) is 20.5. The van der Waals surface area contributed by atoms with Gasteiger partial charge in [-0.15, -0.1) is 22.0 Å². The number of thioether (sulfide) groups is 1. The molecular formula is C60H84N10O8S2. The van der Waals surface area contributed by atoms with E-state index in [0.29, 0.717) is 62.0 Å². The third-order valence-corrected chi connectivity index (χ3v) is 15.9. The Kier molecular flexibility index (Phi) is 28.7. The first-order chi connectivity index (χ1) is 38.4. The molecule has 80 heavy (non-hydrogen) atoms. The Morgan fingerprint density at radius 1 is 0.675 bits per heavy atom. The maximum absolute atomic E-state index is 13.2. The number of azo groups is 2. The van der Waals surface area contributed by atoms with Gasteiger partial charge in [-0.25, -0.2) is 0 Å². The molecule has 0 spiro atoms. The highest BCUT2D eigenvalue weighted by Crippen LogP contribution is 2.36. The van der Waals surface area contributed by atoms with E-state index in [9.17, 15) is 39.9 Å². The van der Waals surface area contributed by atoms with Crippen LogP contribution in [0, 0.1) is 55.3 Å². The van der Waals surface area contributed by atoms with E-state index < -0.39 is 11.1 Å². The first-order valence-electron chi connectivity index (χ1n) is 28.3. The first kappa shape index (κ1) is 66.2. The lowest BCUT2D eigenvalue weighted by Crippen LogP contribution is -2.28. The van der Waals surface area contributed by atoms with Crippen molar-refractivity contribution in [3.8, 4) is 23.9 Å². The Balaban J connectivity index is 1.14. The summed E-state index contributed by atoms with van der Waals surface area (Å²) < 4.78 is 17.0. The Labute approximate surface area is 481 Å². The fraction of sp³-hybridized carbons (Fsp3) is 0.567. The minimum absolute atomic E-state index is 0.0490. The van der Waals surface area contributed by atoms with E-state index in [1.807, 2.05) is 76.2 Å². The molecular weight excluding hydrogens is 1050 g/mol. The van der Waals surface area contributed by atoms with Crippen LogP contribution in [0.1, 0.15) is 171 Å². The Hall–Kier alpha value is -6.32. The van der Waals surface area contributed by atoms with Crippen LogP contribution in [0.3, 0.4) is 0 Å². The molecule has 0 bridgehead atoms. The molecule has 0 fully saturated rings. The van der Waals surface area contributed by atoms with E-state index in [2.05, 4.69) is 58.2 Å². The molecule has 0 aliphatic rings. The van der Waals surface area contributed by atoms with Crippen LogP contribution in [0.5, 0.6) is 11.8 Å². The number of hydrogen-bond acceptors (Lipinski definition) is 18. The zero-order valence-corrected chi connectivity index (χ0v) is 50.3. The average Bonchev–Trinajstić information content (AvgIpc) is 3.57. The summed E-state index contributed by atoms with van der Waals surface area (Å²) in [5.74, 6) is 0.334. The molecule has 0 amide bonds. The van der Waals surface area contributed by atoms with Gasteiger partial charge in [-0.05, 0) is 132 Å². The molecule has 4 aromatic rings. The highest BCUT2D eigenvalue weighted by molar-refractivity contribution is 7.99. The number of benzene rings is 2. The van der Waals surface area contributed by atoms with Crippen LogP contribution in [-0.4, -0.2) is 62.5 Å². The van der Waals surface area contributed by atoms with Crippen molar-refractivity contribution >= 4 is 58.4 Å². The van der Waals surface area contributed by atoms with Gasteiger partial charge in [0.15, 0.2) is 11.4 Å². The molecule has 2 aromatic carbocycles. The van der Waals surface area contributed by atoms with Crippen molar-refractivity contribution in [2.75, 3.05) is 19.0 Å². The van der Waals surface area contributed by atoms with Crippen LogP contribution >= 0.6 is 23.7 Å². The number of nitriles is 2. The normalized spacial score (nSPS) is 13.1. The van der Waals surface area contributed by atoms with Crippen LogP contribution < -0.4 is 21.2 Å². The van der Waals surface area contributed by atoms with E-state index in [1.54, 1.807) is 25.6 Å². The molecule has 20 heteroatoms. The highest BCUT2D eigenvalue weighted by Gasteiger charge is 2.24. The smallest absolute Gasteiger partial charge is 0.306 e. The third-order valence-electron chi connectivity index (χ3n) is 14.0. The zero-order valence-electron chi connectivity index (χ0n) is 48.7. The summed E-state index contributed by atoms with van der Waals surface area (Å²) in [4.78, 5) is 52.7. The number of carbonyl (C=O) groups excluding carboxylic acids is 2. The number of hydrogen-bond donors (Lipinski definition) is 4. The number of carbonyl (C=O) groups is 2. The van der Waals surface area contributed by atoms with Gasteiger partial charge in [0.25, 0.3) is 11.1 Å². The standard InChI is InChI=1S/C60H84N10O8S2/c1-11-16-21-44(14-4)35-69-57(73)50(31-61)42(9)55(59(69)75)68-66-49-27-28-52(46(15-5)30-49)79-38-63-33-40(7)77-53(71)23-18-19-24-54(72)78-41(8)34-64-80-37-47-25-26-48(29-39(47)6)65-67-56-43(10)51(32-62)58(74)70(60(56)76)36-45(20-13-3)22-17-12-2/h25-30,40-41,44-45,63-64,75-76H,11-24,33-38H2,1-10H3. The number of aromatic nitrogens is 2. The van der Waals surface area contributed by atoms with Crippen LogP contribution in [0.4, 0.5) is 22.7 Å². The monoisotopic (exact) mass is 1140 g/mol. The van der Waals surface area contributed by atoms with Gasteiger partial charge in [0.2, 0.25) is 11.8 Å². The lowest BCUT2D eigenvalue weighted by molar-refractivity contribution is -0.150. The number of rotatable bonds is 35. The topological polar surface area (TPSA) is 258 Å². The van der Waals surface area contributed by atoms with Gasteiger partial charge in [0.1, 0.15) is 35.5 Å². The predicted octanol–water partition coefficient (Wildman–Crippen LogP) is 13.8. The number of aromatic hydroxyl groups is 2. The van der Waals surface area contributed by atoms with Crippen molar-refractivity contribution in [2.45, 2.75) is 195 Å². The Morgan fingerprint density at radius 2 is 1.20 bits per heavy atom. The molecule has 2 heterocycles. The Morgan fingerprint density at radius 3 is 1.71 bits per heavy atom. The van der Waals surface area contributed by atoms with Gasteiger partial charge in [-0.3, -0.25) is 33.0 Å². The van der Waals surface area contributed by atoms with Gasteiger partial charge in [-0.1, -0.05) is 91.2 Å². The number of unbranched alkanes of at least 4 members (excludes halogenated alkanes) is 3. The van der Waals surface area contributed by atoms with E-state index in [0.717, 1.165) is 85.8 Å². The van der Waals surface area contributed by atoms with Gasteiger partial charge < -0.3 is 25.0 Å². The van der Waals surface area contributed by atoms with Gasteiger partial charge in [0.05, 0.1) is 11.4 Å². The number of pyridine rings is 2. The lowest BCUT2D eigenvalue weighted by atomic mass is 9.96. The first-order valence-corrected chi connectivity index (χ1v) is 30.3. The van der Waals surface area contributed by atoms with E-state index >= 15 is 0 Å². The zero-order chi connectivity index (χ0) is 58.7. The SMILES string of the molecule is CCCCC(CC)Cn1c(O)c(N=Nc2ccc(SCNCC(C)OC(=O)CCCCC(=O)OC(C)CNSCc3ccc(N=Nc4c(C)c(C#N)c(=O)n(CC(CCC)CCCC)c4O)cc3C)c(CC)c2)c(C)c(C#N)c1=O. The molecule has 2 aromatic heterocycles. The third kappa shape index (κ3) is 20.0. The quantitative estimate of drug-likeness (QED) is 0.00834. The van der Waals surface area contributed by atoms with Crippen LogP contribution in [0.25, 0.3) is 0 Å². The lowest BCUT2D eigenvalue weighted by Gasteiger charge is -2.20.